The Labute approximate surface area is 112 Å². The Morgan fingerprint density at radius 3 is 2.65 bits per heavy atom. The number of hydrogen-bond acceptors (Lipinski definition) is 3. The summed E-state index contributed by atoms with van der Waals surface area (Å²) in [6.07, 6.45) is 1.84. The summed E-state index contributed by atoms with van der Waals surface area (Å²) in [6, 6.07) is 1.67. The molecule has 17 heavy (non-hydrogen) atoms. The lowest BCUT2D eigenvalue weighted by molar-refractivity contribution is 0.369. The predicted molar refractivity (Wildman–Crippen MR) is 73.2 cm³/mol. The third kappa shape index (κ3) is 3.44. The van der Waals surface area contributed by atoms with Gasteiger partial charge in [-0.1, -0.05) is 13.3 Å². The van der Waals surface area contributed by atoms with Crippen LogP contribution in [0, 0.1) is 0 Å². The van der Waals surface area contributed by atoms with Gasteiger partial charge in [-0.25, -0.2) is 8.42 Å². The Morgan fingerprint density at radius 1 is 1.53 bits per heavy atom. The molecule has 0 saturated heterocycles. The highest BCUT2D eigenvalue weighted by molar-refractivity contribution is 7.91. The molecule has 0 aromatic carbocycles. The van der Waals surface area contributed by atoms with Crippen LogP contribution in [0.5, 0.6) is 0 Å². The number of hydrogen-bond donors (Lipinski definition) is 0. The monoisotopic (exact) mass is 295 g/mol. The van der Waals surface area contributed by atoms with E-state index in [1.165, 1.54) is 15.6 Å². The molecule has 1 aromatic rings. The van der Waals surface area contributed by atoms with E-state index < -0.39 is 10.0 Å². The Bertz CT molecular complexity index is 456. The number of thiophene rings is 1. The largest absolute Gasteiger partial charge is 0.252 e. The highest BCUT2D eigenvalue weighted by atomic mass is 35.5. The van der Waals surface area contributed by atoms with Gasteiger partial charge in [0.05, 0.1) is 0 Å². The molecule has 98 valence electrons. The van der Waals surface area contributed by atoms with Gasteiger partial charge in [-0.15, -0.1) is 22.9 Å². The van der Waals surface area contributed by atoms with Crippen LogP contribution in [0.1, 0.15) is 32.3 Å². The van der Waals surface area contributed by atoms with Crippen LogP contribution < -0.4 is 0 Å². The predicted octanol–water partition coefficient (Wildman–Crippen LogP) is 3.30. The van der Waals surface area contributed by atoms with Gasteiger partial charge in [0.2, 0.25) is 0 Å². The second kappa shape index (κ2) is 6.18. The molecular weight excluding hydrogens is 278 g/mol. The lowest BCUT2D eigenvalue weighted by atomic mass is 10.2. The molecule has 6 heteroatoms. The van der Waals surface area contributed by atoms with Gasteiger partial charge in [-0.2, -0.15) is 4.31 Å². The van der Waals surface area contributed by atoms with Crippen molar-refractivity contribution in [2.45, 2.75) is 42.8 Å². The molecule has 0 amide bonds. The molecular formula is C11H18ClNO2S2. The van der Waals surface area contributed by atoms with Gasteiger partial charge in [0, 0.05) is 19.0 Å². The summed E-state index contributed by atoms with van der Waals surface area (Å²) in [5.41, 5.74) is 0.854. The standard InChI is InChI=1S/C11H18ClNO2S2/c1-4-5-9(2)13(3)17(14,15)11-6-10(7-12)8-16-11/h6,8-9H,4-5,7H2,1-3H3. The molecule has 0 bridgehead atoms. The van der Waals surface area contributed by atoms with E-state index in [-0.39, 0.29) is 6.04 Å². The zero-order chi connectivity index (χ0) is 13.1. The van der Waals surface area contributed by atoms with Crippen molar-refractivity contribution in [3.05, 3.63) is 17.0 Å². The Kier molecular flexibility index (Phi) is 5.44. The molecule has 1 unspecified atom stereocenters. The maximum Gasteiger partial charge on any atom is 0.252 e. The van der Waals surface area contributed by atoms with E-state index in [9.17, 15) is 8.42 Å². The molecule has 0 radical (unpaired) electrons. The lowest BCUT2D eigenvalue weighted by Gasteiger charge is -2.23. The van der Waals surface area contributed by atoms with E-state index in [4.69, 9.17) is 11.6 Å². The summed E-state index contributed by atoms with van der Waals surface area (Å²) >= 11 is 6.91. The van der Waals surface area contributed by atoms with Crippen LogP contribution in [0.15, 0.2) is 15.7 Å². The number of sulfonamides is 1. The molecule has 0 spiro atoms. The van der Waals surface area contributed by atoms with E-state index >= 15 is 0 Å². The van der Waals surface area contributed by atoms with E-state index in [0.29, 0.717) is 10.1 Å². The van der Waals surface area contributed by atoms with Crippen molar-refractivity contribution < 1.29 is 8.42 Å². The van der Waals surface area contributed by atoms with Gasteiger partial charge in [0.15, 0.2) is 0 Å². The van der Waals surface area contributed by atoms with Crippen molar-refractivity contribution in [3.63, 3.8) is 0 Å². The minimum atomic E-state index is -3.36. The fraction of sp³-hybridized carbons (Fsp3) is 0.636. The average Bonchev–Trinajstić information content (AvgIpc) is 2.77. The second-order valence-corrected chi connectivity index (χ2v) is 7.47. The number of rotatable bonds is 6. The van der Waals surface area contributed by atoms with E-state index in [0.717, 1.165) is 18.4 Å². The summed E-state index contributed by atoms with van der Waals surface area (Å²) in [6.45, 7) is 3.98. The number of halogens is 1. The summed E-state index contributed by atoms with van der Waals surface area (Å²) in [5.74, 6) is 0.347. The first-order valence-electron chi connectivity index (χ1n) is 5.54. The van der Waals surface area contributed by atoms with E-state index in [2.05, 4.69) is 0 Å². The van der Waals surface area contributed by atoms with Crippen molar-refractivity contribution in [1.82, 2.24) is 4.31 Å². The Hall–Kier alpha value is -0.100. The first-order chi connectivity index (χ1) is 7.93. The zero-order valence-electron chi connectivity index (χ0n) is 10.3. The molecule has 1 heterocycles. The van der Waals surface area contributed by atoms with Crippen molar-refractivity contribution in [3.8, 4) is 0 Å². The third-order valence-electron chi connectivity index (χ3n) is 2.74. The fourth-order valence-electron chi connectivity index (χ4n) is 1.54. The molecule has 0 aliphatic carbocycles. The Balaban J connectivity index is 2.94. The van der Waals surface area contributed by atoms with Gasteiger partial charge in [-0.05, 0) is 30.4 Å². The van der Waals surface area contributed by atoms with Gasteiger partial charge < -0.3 is 0 Å². The van der Waals surface area contributed by atoms with Crippen molar-refractivity contribution in [2.24, 2.45) is 0 Å². The van der Waals surface area contributed by atoms with E-state index in [1.54, 1.807) is 18.5 Å². The van der Waals surface area contributed by atoms with Crippen LogP contribution in [0.25, 0.3) is 0 Å². The normalized spacial score (nSPS) is 14.2. The summed E-state index contributed by atoms with van der Waals surface area (Å²) in [4.78, 5) is 0. The molecule has 3 nitrogen and oxygen atoms in total. The molecule has 1 atom stereocenters. The minimum Gasteiger partial charge on any atom is -0.206 e. The topological polar surface area (TPSA) is 37.4 Å². The number of alkyl halides is 1. The van der Waals surface area contributed by atoms with Gasteiger partial charge in [0.25, 0.3) is 10.0 Å². The third-order valence-corrected chi connectivity index (χ3v) is 6.49. The molecule has 1 aromatic heterocycles. The second-order valence-electron chi connectivity index (χ2n) is 4.07. The molecule has 0 saturated carbocycles. The summed E-state index contributed by atoms with van der Waals surface area (Å²) in [7, 11) is -1.72. The molecule has 0 aliphatic rings. The van der Waals surface area contributed by atoms with Gasteiger partial charge in [-0.3, -0.25) is 0 Å². The SMILES string of the molecule is CCCC(C)N(C)S(=O)(=O)c1cc(CCl)cs1. The van der Waals surface area contributed by atoms with Crippen LogP contribution >= 0.6 is 22.9 Å². The van der Waals surface area contributed by atoms with Crippen LogP contribution in [0.3, 0.4) is 0 Å². The van der Waals surface area contributed by atoms with Gasteiger partial charge >= 0.3 is 0 Å². The summed E-state index contributed by atoms with van der Waals surface area (Å²) in [5, 5.41) is 1.79. The fourth-order valence-corrected chi connectivity index (χ4v) is 4.57. The van der Waals surface area contributed by atoms with Crippen molar-refractivity contribution in [2.75, 3.05) is 7.05 Å². The molecule has 0 aliphatic heterocycles. The van der Waals surface area contributed by atoms with Gasteiger partial charge in [0.1, 0.15) is 4.21 Å². The quantitative estimate of drug-likeness (QED) is 0.755. The van der Waals surface area contributed by atoms with Crippen LogP contribution in [0.2, 0.25) is 0 Å². The Morgan fingerprint density at radius 2 is 2.18 bits per heavy atom. The first kappa shape index (κ1) is 15.0. The lowest BCUT2D eigenvalue weighted by Crippen LogP contribution is -2.34. The highest BCUT2D eigenvalue weighted by Gasteiger charge is 2.26. The van der Waals surface area contributed by atoms with E-state index in [1.807, 2.05) is 13.8 Å². The molecule has 0 fully saturated rings. The molecule has 0 N–H and O–H groups in total. The first-order valence-corrected chi connectivity index (χ1v) is 8.40. The zero-order valence-corrected chi connectivity index (χ0v) is 12.7. The van der Waals surface area contributed by atoms with Crippen molar-refractivity contribution in [1.29, 1.82) is 0 Å². The summed E-state index contributed by atoms with van der Waals surface area (Å²) < 4.78 is 26.4. The number of nitrogens with zero attached hydrogens (tertiary/aromatic N) is 1. The van der Waals surface area contributed by atoms with Crippen molar-refractivity contribution >= 4 is 33.0 Å². The highest BCUT2D eigenvalue weighted by Crippen LogP contribution is 2.25. The van der Waals surface area contributed by atoms with Crippen LogP contribution in [-0.2, 0) is 15.9 Å². The maximum atomic E-state index is 12.3. The van der Waals surface area contributed by atoms with Crippen LogP contribution in [-0.4, -0.2) is 25.8 Å². The van der Waals surface area contributed by atoms with Crippen LogP contribution in [0.4, 0.5) is 0 Å². The minimum absolute atomic E-state index is 0.0200. The molecule has 1 rings (SSSR count). The maximum absolute atomic E-state index is 12.3. The average molecular weight is 296 g/mol. The smallest absolute Gasteiger partial charge is 0.206 e.